The molecule has 1 amide bonds. The van der Waals surface area contributed by atoms with Crippen LogP contribution in [0.15, 0.2) is 66.4 Å². The smallest absolute Gasteiger partial charge is 0.268 e. The number of nitrogens with one attached hydrogen (secondary N) is 1. The number of aromatic nitrogens is 3. The molecule has 2 heterocycles. The Morgan fingerprint density at radius 3 is 2.80 bits per heavy atom. The summed E-state index contributed by atoms with van der Waals surface area (Å²) in [5.74, 6) is -0.497. The molecule has 0 unspecified atom stereocenters. The Morgan fingerprint density at radius 2 is 2.00 bits per heavy atom. The maximum absolute atomic E-state index is 12.6. The molecule has 148 valence electrons. The third kappa shape index (κ3) is 4.14. The van der Waals surface area contributed by atoms with Crippen molar-refractivity contribution in [3.63, 3.8) is 0 Å². The first-order chi connectivity index (χ1) is 14.7. The molecule has 4 aromatic rings. The molecule has 0 aliphatic rings. The summed E-state index contributed by atoms with van der Waals surface area (Å²) in [7, 11) is 0. The van der Waals surface area contributed by atoms with E-state index < -0.39 is 5.91 Å². The van der Waals surface area contributed by atoms with Crippen LogP contribution in [0.2, 0.25) is 0 Å². The molecule has 1 N–H and O–H groups in total. The minimum Gasteiger partial charge on any atom is -0.317 e. The number of hydrogen-bond acceptors (Lipinski definition) is 5. The van der Waals surface area contributed by atoms with Crippen molar-refractivity contribution < 1.29 is 4.79 Å². The molecule has 4 rings (SSSR count). The van der Waals surface area contributed by atoms with Gasteiger partial charge in [0.05, 0.1) is 0 Å². The Balaban J connectivity index is 1.60. The van der Waals surface area contributed by atoms with Gasteiger partial charge in [-0.25, -0.2) is 0 Å². The monoisotopic (exact) mass is 413 g/mol. The lowest BCUT2D eigenvalue weighted by molar-refractivity contribution is -0.112. The molecule has 30 heavy (non-hydrogen) atoms. The standard InChI is InChI=1S/C23H19N5OS/c1-2-6-21-26-27-23(30-21)25-22(29)18(15-24)14-19-9-5-12-28(19)20-11-10-16-7-3-4-8-17(16)13-20/h3-5,7-14H,2,6H2,1H3,(H,25,27,29)/b18-14-. The Labute approximate surface area is 178 Å². The van der Waals surface area contributed by atoms with E-state index in [9.17, 15) is 10.1 Å². The molecule has 0 bridgehead atoms. The Hall–Kier alpha value is -3.76. The number of fused-ring (bicyclic) bond motifs is 1. The number of anilines is 1. The summed E-state index contributed by atoms with van der Waals surface area (Å²) < 4.78 is 1.95. The van der Waals surface area contributed by atoms with Crippen molar-refractivity contribution in [3.8, 4) is 11.8 Å². The minimum atomic E-state index is -0.497. The summed E-state index contributed by atoms with van der Waals surface area (Å²) in [5.41, 5.74) is 1.69. The Bertz CT molecular complexity index is 1280. The third-order valence-corrected chi connectivity index (χ3v) is 5.50. The van der Waals surface area contributed by atoms with Gasteiger partial charge in [0.1, 0.15) is 16.6 Å². The first-order valence-electron chi connectivity index (χ1n) is 9.60. The summed E-state index contributed by atoms with van der Waals surface area (Å²) >= 11 is 1.33. The second-order valence-electron chi connectivity index (χ2n) is 6.71. The van der Waals surface area contributed by atoms with Crippen molar-refractivity contribution in [3.05, 3.63) is 77.1 Å². The zero-order valence-corrected chi connectivity index (χ0v) is 17.2. The number of rotatable bonds is 6. The van der Waals surface area contributed by atoms with Crippen molar-refractivity contribution in [2.75, 3.05) is 5.32 Å². The highest BCUT2D eigenvalue weighted by Crippen LogP contribution is 2.22. The molecule has 0 saturated heterocycles. The summed E-state index contributed by atoms with van der Waals surface area (Å²) in [5, 5.41) is 23.8. The van der Waals surface area contributed by atoms with Gasteiger partial charge >= 0.3 is 0 Å². The van der Waals surface area contributed by atoms with E-state index in [0.29, 0.717) is 5.13 Å². The van der Waals surface area contributed by atoms with Crippen LogP contribution in [0.5, 0.6) is 0 Å². The zero-order valence-electron chi connectivity index (χ0n) is 16.4. The van der Waals surface area contributed by atoms with E-state index in [1.807, 2.05) is 47.2 Å². The molecule has 6 nitrogen and oxygen atoms in total. The van der Waals surface area contributed by atoms with Crippen LogP contribution >= 0.6 is 11.3 Å². The highest BCUT2D eigenvalue weighted by molar-refractivity contribution is 7.15. The molecule has 0 saturated carbocycles. The van der Waals surface area contributed by atoms with Gasteiger partial charge in [-0.1, -0.05) is 48.6 Å². The topological polar surface area (TPSA) is 83.6 Å². The van der Waals surface area contributed by atoms with Crippen LogP contribution in [0.25, 0.3) is 22.5 Å². The summed E-state index contributed by atoms with van der Waals surface area (Å²) in [6, 6.07) is 20.0. The lowest BCUT2D eigenvalue weighted by Gasteiger charge is -2.09. The maximum Gasteiger partial charge on any atom is 0.268 e. The van der Waals surface area contributed by atoms with Gasteiger partial charge in [-0.05, 0) is 47.5 Å². The van der Waals surface area contributed by atoms with E-state index in [-0.39, 0.29) is 5.57 Å². The summed E-state index contributed by atoms with van der Waals surface area (Å²) in [6.07, 6.45) is 5.26. The van der Waals surface area contributed by atoms with Crippen molar-refractivity contribution >= 4 is 39.2 Å². The second kappa shape index (κ2) is 8.72. The van der Waals surface area contributed by atoms with Gasteiger partial charge < -0.3 is 4.57 Å². The average molecular weight is 414 g/mol. The number of benzene rings is 2. The van der Waals surface area contributed by atoms with Crippen LogP contribution in [0.3, 0.4) is 0 Å². The molecule has 2 aromatic heterocycles. The zero-order chi connectivity index (χ0) is 20.9. The van der Waals surface area contributed by atoms with Gasteiger partial charge in [-0.2, -0.15) is 5.26 Å². The number of nitrogens with zero attached hydrogens (tertiary/aromatic N) is 4. The minimum absolute atomic E-state index is 0.00276. The highest BCUT2D eigenvalue weighted by atomic mass is 32.1. The van der Waals surface area contributed by atoms with Gasteiger partial charge in [-0.15, -0.1) is 10.2 Å². The average Bonchev–Trinajstić information content (AvgIpc) is 3.41. The highest BCUT2D eigenvalue weighted by Gasteiger charge is 2.14. The Kier molecular flexibility index (Phi) is 5.68. The van der Waals surface area contributed by atoms with Crippen molar-refractivity contribution in [1.82, 2.24) is 14.8 Å². The van der Waals surface area contributed by atoms with Crippen LogP contribution in [0.1, 0.15) is 24.0 Å². The van der Waals surface area contributed by atoms with Crippen LogP contribution in [0, 0.1) is 11.3 Å². The molecule has 0 radical (unpaired) electrons. The van der Waals surface area contributed by atoms with E-state index in [1.54, 1.807) is 6.08 Å². The van der Waals surface area contributed by atoms with E-state index in [0.717, 1.165) is 40.0 Å². The van der Waals surface area contributed by atoms with Crippen LogP contribution in [-0.4, -0.2) is 20.7 Å². The largest absolute Gasteiger partial charge is 0.317 e. The third-order valence-electron chi connectivity index (χ3n) is 4.60. The molecule has 0 spiro atoms. The van der Waals surface area contributed by atoms with E-state index in [1.165, 1.54) is 11.3 Å². The molecule has 0 atom stereocenters. The van der Waals surface area contributed by atoms with E-state index in [4.69, 9.17) is 0 Å². The van der Waals surface area contributed by atoms with E-state index >= 15 is 0 Å². The normalized spacial score (nSPS) is 11.4. The van der Waals surface area contributed by atoms with Gasteiger partial charge in [0.15, 0.2) is 0 Å². The predicted octanol–water partition coefficient (Wildman–Crippen LogP) is 4.98. The molecular formula is C23H19N5OS. The van der Waals surface area contributed by atoms with Gasteiger partial charge in [-0.3, -0.25) is 10.1 Å². The lowest BCUT2D eigenvalue weighted by atomic mass is 10.1. The molecule has 0 fully saturated rings. The number of hydrogen-bond donors (Lipinski definition) is 1. The van der Waals surface area contributed by atoms with Gasteiger partial charge in [0.2, 0.25) is 5.13 Å². The van der Waals surface area contributed by atoms with Gasteiger partial charge in [0.25, 0.3) is 5.91 Å². The van der Waals surface area contributed by atoms with Crippen LogP contribution in [-0.2, 0) is 11.2 Å². The summed E-state index contributed by atoms with van der Waals surface area (Å²) in [4.78, 5) is 12.6. The number of carbonyl (C=O) groups is 1. The van der Waals surface area contributed by atoms with Crippen molar-refractivity contribution in [1.29, 1.82) is 5.26 Å². The maximum atomic E-state index is 12.6. The Morgan fingerprint density at radius 1 is 1.17 bits per heavy atom. The number of amides is 1. The van der Waals surface area contributed by atoms with Crippen LogP contribution in [0.4, 0.5) is 5.13 Å². The second-order valence-corrected chi connectivity index (χ2v) is 7.77. The SMILES string of the molecule is CCCc1nnc(NC(=O)/C(C#N)=C\c2cccn2-c2ccc3ccccc3c2)s1. The van der Waals surface area contributed by atoms with Crippen molar-refractivity contribution in [2.24, 2.45) is 0 Å². The number of aryl methyl sites for hydroxylation is 1. The van der Waals surface area contributed by atoms with E-state index in [2.05, 4.69) is 46.7 Å². The fraction of sp³-hybridized carbons (Fsp3) is 0.130. The van der Waals surface area contributed by atoms with Crippen molar-refractivity contribution in [2.45, 2.75) is 19.8 Å². The summed E-state index contributed by atoms with van der Waals surface area (Å²) in [6.45, 7) is 2.06. The first kappa shape index (κ1) is 19.6. The van der Waals surface area contributed by atoms with Gasteiger partial charge in [0, 0.05) is 24.0 Å². The molecule has 0 aliphatic carbocycles. The molecule has 0 aliphatic heterocycles. The lowest BCUT2D eigenvalue weighted by Crippen LogP contribution is -2.13. The fourth-order valence-electron chi connectivity index (χ4n) is 3.15. The van der Waals surface area contributed by atoms with Crippen LogP contribution < -0.4 is 5.32 Å². The predicted molar refractivity (Wildman–Crippen MR) is 119 cm³/mol. The molecular weight excluding hydrogens is 394 g/mol. The quantitative estimate of drug-likeness (QED) is 0.357. The number of nitriles is 1. The number of carbonyl (C=O) groups excluding carboxylic acids is 1. The fourth-order valence-corrected chi connectivity index (χ4v) is 3.99. The molecule has 7 heteroatoms. The first-order valence-corrected chi connectivity index (χ1v) is 10.4. The molecule has 2 aromatic carbocycles.